The summed E-state index contributed by atoms with van der Waals surface area (Å²) in [5.74, 6) is 0.103. The molecule has 0 radical (unpaired) electrons. The molecular formula is C19H20N6O2. The van der Waals surface area contributed by atoms with Gasteiger partial charge in [-0.25, -0.2) is 0 Å². The molecule has 3 aromatic rings. The number of tetrazole rings is 1. The third kappa shape index (κ3) is 4.35. The number of nitrogens with one attached hydrogen (secondary N) is 1. The maximum absolute atomic E-state index is 12.2. The van der Waals surface area contributed by atoms with Gasteiger partial charge in [0.2, 0.25) is 11.7 Å². The van der Waals surface area contributed by atoms with E-state index in [1.807, 2.05) is 31.2 Å². The molecule has 0 unspecified atom stereocenters. The first-order valence-electron chi connectivity index (χ1n) is 8.39. The van der Waals surface area contributed by atoms with Crippen LogP contribution < -0.4 is 5.32 Å². The summed E-state index contributed by atoms with van der Waals surface area (Å²) < 4.78 is 0. The van der Waals surface area contributed by atoms with E-state index in [2.05, 4.69) is 20.7 Å². The molecule has 0 atom stereocenters. The molecule has 1 heterocycles. The van der Waals surface area contributed by atoms with E-state index in [1.54, 1.807) is 38.4 Å². The minimum absolute atomic E-state index is 0.0583. The van der Waals surface area contributed by atoms with Crippen LogP contribution in [0.15, 0.2) is 48.5 Å². The van der Waals surface area contributed by atoms with Crippen molar-refractivity contribution >= 4 is 17.5 Å². The van der Waals surface area contributed by atoms with Gasteiger partial charge in [-0.1, -0.05) is 24.3 Å². The Bertz CT molecular complexity index is 962. The monoisotopic (exact) mass is 364 g/mol. The van der Waals surface area contributed by atoms with E-state index in [1.165, 1.54) is 9.70 Å². The Morgan fingerprint density at radius 1 is 1.07 bits per heavy atom. The average molecular weight is 364 g/mol. The molecule has 27 heavy (non-hydrogen) atoms. The highest BCUT2D eigenvalue weighted by Gasteiger charge is 2.12. The molecule has 8 nitrogen and oxygen atoms in total. The zero-order valence-corrected chi connectivity index (χ0v) is 15.4. The molecule has 0 aliphatic heterocycles. The van der Waals surface area contributed by atoms with Crippen LogP contribution in [0.3, 0.4) is 0 Å². The number of amides is 2. The van der Waals surface area contributed by atoms with Gasteiger partial charge in [0.15, 0.2) is 0 Å². The third-order valence-electron chi connectivity index (χ3n) is 3.95. The van der Waals surface area contributed by atoms with Gasteiger partial charge in [-0.05, 0) is 42.0 Å². The Morgan fingerprint density at radius 3 is 2.44 bits per heavy atom. The van der Waals surface area contributed by atoms with E-state index < -0.39 is 0 Å². The van der Waals surface area contributed by atoms with Crippen LogP contribution in [0.1, 0.15) is 15.9 Å². The fourth-order valence-corrected chi connectivity index (χ4v) is 2.53. The zero-order valence-electron chi connectivity index (χ0n) is 15.4. The number of rotatable bonds is 5. The van der Waals surface area contributed by atoms with Crippen molar-refractivity contribution in [3.8, 4) is 11.4 Å². The molecule has 0 aliphatic rings. The van der Waals surface area contributed by atoms with E-state index in [0.717, 1.165) is 11.1 Å². The molecule has 138 valence electrons. The summed E-state index contributed by atoms with van der Waals surface area (Å²) in [6.07, 6.45) is 0. The van der Waals surface area contributed by atoms with Gasteiger partial charge in [0.1, 0.15) is 6.54 Å². The van der Waals surface area contributed by atoms with Gasteiger partial charge in [-0.2, -0.15) is 4.80 Å². The number of aryl methyl sites for hydroxylation is 1. The number of aromatic nitrogens is 4. The van der Waals surface area contributed by atoms with Crippen LogP contribution in [0.25, 0.3) is 11.4 Å². The van der Waals surface area contributed by atoms with Crippen molar-refractivity contribution in [3.63, 3.8) is 0 Å². The molecule has 0 saturated carbocycles. The van der Waals surface area contributed by atoms with Crippen LogP contribution >= 0.6 is 0 Å². The fraction of sp³-hybridized carbons (Fsp3) is 0.211. The average Bonchev–Trinajstić information content (AvgIpc) is 3.10. The Morgan fingerprint density at radius 2 is 1.78 bits per heavy atom. The zero-order chi connectivity index (χ0) is 19.4. The van der Waals surface area contributed by atoms with E-state index in [-0.39, 0.29) is 18.4 Å². The summed E-state index contributed by atoms with van der Waals surface area (Å²) in [5.41, 5.74) is 3.06. The van der Waals surface area contributed by atoms with E-state index in [4.69, 9.17) is 0 Å². The number of anilines is 1. The molecule has 0 saturated heterocycles. The maximum Gasteiger partial charge on any atom is 0.253 e. The lowest BCUT2D eigenvalue weighted by atomic mass is 10.1. The number of nitrogens with zero attached hydrogens (tertiary/aromatic N) is 5. The van der Waals surface area contributed by atoms with E-state index >= 15 is 0 Å². The lowest BCUT2D eigenvalue weighted by Gasteiger charge is -2.10. The fourth-order valence-electron chi connectivity index (χ4n) is 2.53. The van der Waals surface area contributed by atoms with Crippen molar-refractivity contribution in [3.05, 3.63) is 59.7 Å². The van der Waals surface area contributed by atoms with Gasteiger partial charge >= 0.3 is 0 Å². The summed E-state index contributed by atoms with van der Waals surface area (Å²) >= 11 is 0. The van der Waals surface area contributed by atoms with Gasteiger partial charge in [-0.3, -0.25) is 9.59 Å². The normalized spacial score (nSPS) is 10.5. The first-order valence-corrected chi connectivity index (χ1v) is 8.39. The lowest BCUT2D eigenvalue weighted by Crippen LogP contribution is -2.22. The van der Waals surface area contributed by atoms with Crippen molar-refractivity contribution in [2.45, 2.75) is 13.5 Å². The van der Waals surface area contributed by atoms with Crippen molar-refractivity contribution < 1.29 is 9.59 Å². The van der Waals surface area contributed by atoms with Crippen molar-refractivity contribution in [2.75, 3.05) is 19.4 Å². The Kier molecular flexibility index (Phi) is 5.25. The van der Waals surface area contributed by atoms with E-state index in [9.17, 15) is 9.59 Å². The predicted octanol–water partition coefficient (Wildman–Crippen LogP) is 1.99. The molecule has 0 fully saturated rings. The highest BCUT2D eigenvalue weighted by molar-refractivity contribution is 5.95. The quantitative estimate of drug-likeness (QED) is 0.747. The predicted molar refractivity (Wildman–Crippen MR) is 101 cm³/mol. The number of hydrogen-bond acceptors (Lipinski definition) is 5. The minimum Gasteiger partial charge on any atom is -0.345 e. The summed E-state index contributed by atoms with van der Waals surface area (Å²) in [4.78, 5) is 26.8. The smallest absolute Gasteiger partial charge is 0.253 e. The topological polar surface area (TPSA) is 93.0 Å². The summed E-state index contributed by atoms with van der Waals surface area (Å²) in [7, 11) is 3.38. The van der Waals surface area contributed by atoms with Gasteiger partial charge in [0.25, 0.3) is 5.91 Å². The number of carbonyl (C=O) groups excluding carboxylic acids is 2. The van der Waals surface area contributed by atoms with Gasteiger partial charge in [0, 0.05) is 30.9 Å². The van der Waals surface area contributed by atoms with Gasteiger partial charge < -0.3 is 10.2 Å². The van der Waals surface area contributed by atoms with E-state index in [0.29, 0.717) is 17.1 Å². The molecule has 2 aromatic carbocycles. The second-order valence-electron chi connectivity index (χ2n) is 6.28. The second-order valence-corrected chi connectivity index (χ2v) is 6.28. The molecule has 8 heteroatoms. The molecule has 0 aliphatic carbocycles. The van der Waals surface area contributed by atoms with Crippen LogP contribution in [0.5, 0.6) is 0 Å². The third-order valence-corrected chi connectivity index (χ3v) is 3.95. The largest absolute Gasteiger partial charge is 0.345 e. The highest BCUT2D eigenvalue weighted by atomic mass is 16.2. The molecule has 0 bridgehead atoms. The van der Waals surface area contributed by atoms with Gasteiger partial charge in [-0.15, -0.1) is 10.2 Å². The Balaban J connectivity index is 1.63. The van der Waals surface area contributed by atoms with Crippen molar-refractivity contribution in [1.82, 2.24) is 25.1 Å². The molecule has 3 rings (SSSR count). The first-order chi connectivity index (χ1) is 12.9. The van der Waals surface area contributed by atoms with Crippen LogP contribution in [0.4, 0.5) is 5.69 Å². The van der Waals surface area contributed by atoms with Crippen molar-refractivity contribution in [2.24, 2.45) is 0 Å². The standard InChI is InChI=1S/C19H20N6O2/c1-13-6-4-5-7-16(13)18-21-23-25(22-18)12-17(26)20-15-10-8-14(9-11-15)19(27)24(2)3/h4-11H,12H2,1-3H3,(H,20,26). The molecule has 2 amide bonds. The van der Waals surface area contributed by atoms with Crippen LogP contribution in [0.2, 0.25) is 0 Å². The summed E-state index contributed by atoms with van der Waals surface area (Å²) in [6, 6.07) is 14.4. The summed E-state index contributed by atoms with van der Waals surface area (Å²) in [6.45, 7) is 1.91. The number of hydrogen-bond donors (Lipinski definition) is 1. The van der Waals surface area contributed by atoms with Crippen LogP contribution in [-0.4, -0.2) is 51.0 Å². The van der Waals surface area contributed by atoms with Crippen LogP contribution in [0, 0.1) is 6.92 Å². The minimum atomic E-state index is -0.282. The lowest BCUT2D eigenvalue weighted by molar-refractivity contribution is -0.117. The second kappa shape index (κ2) is 7.77. The number of carbonyl (C=O) groups is 2. The highest BCUT2D eigenvalue weighted by Crippen LogP contribution is 2.17. The Labute approximate surface area is 156 Å². The Hall–Kier alpha value is -3.55. The molecule has 0 spiro atoms. The molecular weight excluding hydrogens is 344 g/mol. The molecule has 1 N–H and O–H groups in total. The molecule has 1 aromatic heterocycles. The maximum atomic E-state index is 12.2. The summed E-state index contributed by atoms with van der Waals surface area (Å²) in [5, 5.41) is 15.0. The first kappa shape index (κ1) is 18.2. The number of benzene rings is 2. The van der Waals surface area contributed by atoms with Crippen molar-refractivity contribution in [1.29, 1.82) is 0 Å². The van der Waals surface area contributed by atoms with Gasteiger partial charge in [0.05, 0.1) is 0 Å². The SMILES string of the molecule is Cc1ccccc1-c1nnn(CC(=O)Nc2ccc(C(=O)N(C)C)cc2)n1. The van der Waals surface area contributed by atoms with Crippen LogP contribution in [-0.2, 0) is 11.3 Å².